The lowest BCUT2D eigenvalue weighted by Gasteiger charge is -2.06. The molecule has 0 saturated heterocycles. The molecule has 1 aromatic carbocycles. The number of carbonyl (C=O) groups is 1. The summed E-state index contributed by atoms with van der Waals surface area (Å²) in [5, 5.41) is 11.6. The summed E-state index contributed by atoms with van der Waals surface area (Å²) in [6.45, 7) is 1.94. The van der Waals surface area contributed by atoms with E-state index in [9.17, 15) is 4.79 Å². The number of rotatable bonds is 2. The van der Waals surface area contributed by atoms with E-state index in [1.807, 2.05) is 19.1 Å². The highest BCUT2D eigenvalue weighted by Gasteiger charge is 2.12. The summed E-state index contributed by atoms with van der Waals surface area (Å²) in [5.41, 5.74) is 2.22. The Balaban J connectivity index is 2.22. The lowest BCUT2D eigenvalue weighted by atomic mass is 10.2. The second-order valence-corrected chi connectivity index (χ2v) is 7.05. The van der Waals surface area contributed by atoms with E-state index in [1.165, 1.54) is 11.3 Å². The number of nitrogens with one attached hydrogen (secondary N) is 1. The lowest BCUT2D eigenvalue weighted by molar-refractivity contribution is 0.103. The van der Waals surface area contributed by atoms with Gasteiger partial charge in [0.05, 0.1) is 26.0 Å². The molecule has 0 atom stereocenters. The molecule has 0 aliphatic rings. The SMILES string of the molecule is Cc1cc(C(=O)Nc2ccc(C#N)cc2Br)sc1Br. The zero-order chi connectivity index (χ0) is 14.0. The van der Waals surface area contributed by atoms with Gasteiger partial charge >= 0.3 is 0 Å². The van der Waals surface area contributed by atoms with Gasteiger partial charge in [0.15, 0.2) is 0 Å². The highest BCUT2D eigenvalue weighted by atomic mass is 79.9. The van der Waals surface area contributed by atoms with Crippen LogP contribution in [0.25, 0.3) is 0 Å². The lowest BCUT2D eigenvalue weighted by Crippen LogP contribution is -2.10. The third-order valence-electron chi connectivity index (χ3n) is 2.43. The van der Waals surface area contributed by atoms with Crippen molar-refractivity contribution in [1.82, 2.24) is 0 Å². The zero-order valence-corrected chi connectivity index (χ0v) is 13.8. The molecule has 3 nitrogen and oxygen atoms in total. The minimum absolute atomic E-state index is 0.163. The van der Waals surface area contributed by atoms with Gasteiger partial charge in [-0.05, 0) is 68.6 Å². The van der Waals surface area contributed by atoms with Crippen molar-refractivity contribution in [1.29, 1.82) is 5.26 Å². The molecule has 0 spiro atoms. The Morgan fingerprint density at radius 3 is 2.63 bits per heavy atom. The number of nitriles is 1. The third kappa shape index (κ3) is 3.24. The molecule has 2 aromatic rings. The smallest absolute Gasteiger partial charge is 0.265 e. The Morgan fingerprint density at radius 2 is 2.11 bits per heavy atom. The first kappa shape index (κ1) is 14.3. The predicted octanol–water partition coefficient (Wildman–Crippen LogP) is 4.71. The number of thiophene rings is 1. The van der Waals surface area contributed by atoms with Crippen molar-refractivity contribution in [3.8, 4) is 6.07 Å². The fourth-order valence-electron chi connectivity index (χ4n) is 1.44. The standard InChI is InChI=1S/C13H8Br2N2OS/c1-7-4-11(19-12(7)15)13(18)17-10-3-2-8(6-16)5-9(10)14/h2-5H,1H3,(H,17,18). The monoisotopic (exact) mass is 398 g/mol. The molecule has 2 rings (SSSR count). The van der Waals surface area contributed by atoms with Crippen molar-refractivity contribution >= 4 is 54.8 Å². The number of hydrogen-bond donors (Lipinski definition) is 1. The van der Waals surface area contributed by atoms with Crippen molar-refractivity contribution in [3.63, 3.8) is 0 Å². The van der Waals surface area contributed by atoms with Crippen molar-refractivity contribution in [2.75, 3.05) is 5.32 Å². The summed E-state index contributed by atoms with van der Waals surface area (Å²) in [5.74, 6) is -0.163. The van der Waals surface area contributed by atoms with Crippen LogP contribution in [0.4, 0.5) is 5.69 Å². The van der Waals surface area contributed by atoms with Crippen molar-refractivity contribution in [2.24, 2.45) is 0 Å². The summed E-state index contributed by atoms with van der Waals surface area (Å²) in [7, 11) is 0. The number of hydrogen-bond acceptors (Lipinski definition) is 3. The highest BCUT2D eigenvalue weighted by molar-refractivity contribution is 9.11. The zero-order valence-electron chi connectivity index (χ0n) is 9.83. The number of amides is 1. The van der Waals surface area contributed by atoms with E-state index in [-0.39, 0.29) is 5.91 Å². The van der Waals surface area contributed by atoms with Crippen LogP contribution in [0.3, 0.4) is 0 Å². The van der Waals surface area contributed by atoms with E-state index >= 15 is 0 Å². The van der Waals surface area contributed by atoms with Gasteiger partial charge in [0, 0.05) is 4.47 Å². The number of benzene rings is 1. The van der Waals surface area contributed by atoms with E-state index in [0.717, 1.165) is 9.35 Å². The summed E-state index contributed by atoms with van der Waals surface area (Å²) >= 11 is 8.13. The van der Waals surface area contributed by atoms with Crippen LogP contribution in [-0.4, -0.2) is 5.91 Å². The topological polar surface area (TPSA) is 52.9 Å². The van der Waals surface area contributed by atoms with E-state index < -0.39 is 0 Å². The molecule has 0 fully saturated rings. The van der Waals surface area contributed by atoms with Gasteiger partial charge in [0.2, 0.25) is 0 Å². The summed E-state index contributed by atoms with van der Waals surface area (Å²) in [6.07, 6.45) is 0. The molecule has 1 aromatic heterocycles. The summed E-state index contributed by atoms with van der Waals surface area (Å²) in [6, 6.07) is 8.92. The molecule has 1 N–H and O–H groups in total. The van der Waals surface area contributed by atoms with Gasteiger partial charge in [0.25, 0.3) is 5.91 Å². The van der Waals surface area contributed by atoms with Crippen LogP contribution < -0.4 is 5.32 Å². The summed E-state index contributed by atoms with van der Waals surface area (Å²) < 4.78 is 1.64. The largest absolute Gasteiger partial charge is 0.320 e. The number of carbonyl (C=O) groups excluding carboxylic acids is 1. The maximum Gasteiger partial charge on any atom is 0.265 e. The van der Waals surface area contributed by atoms with Gasteiger partial charge in [-0.15, -0.1) is 11.3 Å². The van der Waals surface area contributed by atoms with Gasteiger partial charge in [-0.3, -0.25) is 4.79 Å². The molecule has 0 aliphatic heterocycles. The highest BCUT2D eigenvalue weighted by Crippen LogP contribution is 2.29. The molecule has 0 saturated carbocycles. The molecule has 0 unspecified atom stereocenters. The minimum atomic E-state index is -0.163. The Kier molecular flexibility index (Phi) is 4.40. The van der Waals surface area contributed by atoms with Gasteiger partial charge in [-0.25, -0.2) is 0 Å². The fraction of sp³-hybridized carbons (Fsp3) is 0.0769. The van der Waals surface area contributed by atoms with Crippen LogP contribution in [0.2, 0.25) is 0 Å². The van der Waals surface area contributed by atoms with Crippen LogP contribution in [0, 0.1) is 18.3 Å². The number of nitrogens with zero attached hydrogens (tertiary/aromatic N) is 1. The Hall–Kier alpha value is -1.16. The van der Waals surface area contributed by atoms with E-state index in [1.54, 1.807) is 18.2 Å². The van der Waals surface area contributed by atoms with Crippen molar-refractivity contribution in [2.45, 2.75) is 6.92 Å². The van der Waals surface area contributed by atoms with Crippen LogP contribution in [-0.2, 0) is 0 Å². The predicted molar refractivity (Wildman–Crippen MR) is 83.6 cm³/mol. The van der Waals surface area contributed by atoms with Crippen molar-refractivity contribution in [3.05, 3.63) is 48.5 Å². The number of anilines is 1. The van der Waals surface area contributed by atoms with Crippen molar-refractivity contribution < 1.29 is 4.79 Å². The van der Waals surface area contributed by atoms with E-state index in [0.29, 0.717) is 20.6 Å². The number of aryl methyl sites for hydroxylation is 1. The van der Waals surface area contributed by atoms with Gasteiger partial charge in [-0.1, -0.05) is 0 Å². The Labute approximate surface area is 131 Å². The maximum atomic E-state index is 12.1. The van der Waals surface area contributed by atoms with Crippen LogP contribution >= 0.6 is 43.2 Å². The molecule has 96 valence electrons. The van der Waals surface area contributed by atoms with E-state index in [4.69, 9.17) is 5.26 Å². The Morgan fingerprint density at radius 1 is 1.37 bits per heavy atom. The second kappa shape index (κ2) is 5.87. The van der Waals surface area contributed by atoms with Gasteiger partial charge in [-0.2, -0.15) is 5.26 Å². The summed E-state index contributed by atoms with van der Waals surface area (Å²) in [4.78, 5) is 12.7. The third-order valence-corrected chi connectivity index (χ3v) is 5.22. The van der Waals surface area contributed by atoms with Gasteiger partial charge < -0.3 is 5.32 Å². The molecular formula is C13H8Br2N2OS. The van der Waals surface area contributed by atoms with Crippen LogP contribution in [0.15, 0.2) is 32.5 Å². The molecular weight excluding hydrogens is 392 g/mol. The molecule has 0 bridgehead atoms. The maximum absolute atomic E-state index is 12.1. The first-order valence-corrected chi connectivity index (χ1v) is 7.68. The number of halogens is 2. The van der Waals surface area contributed by atoms with Crippen LogP contribution in [0.5, 0.6) is 0 Å². The molecule has 6 heteroatoms. The quantitative estimate of drug-likeness (QED) is 0.795. The van der Waals surface area contributed by atoms with Gasteiger partial charge in [0.1, 0.15) is 0 Å². The molecule has 1 heterocycles. The molecule has 0 aliphatic carbocycles. The van der Waals surface area contributed by atoms with Crippen LogP contribution in [0.1, 0.15) is 20.8 Å². The normalized spacial score (nSPS) is 10.0. The first-order chi connectivity index (χ1) is 9.01. The average molecular weight is 400 g/mol. The fourth-order valence-corrected chi connectivity index (χ4v) is 3.35. The Bertz CT molecular complexity index is 669. The first-order valence-electron chi connectivity index (χ1n) is 5.28. The minimum Gasteiger partial charge on any atom is -0.320 e. The average Bonchev–Trinajstić information content (AvgIpc) is 2.72. The molecule has 1 amide bonds. The second-order valence-electron chi connectivity index (χ2n) is 3.83. The molecule has 19 heavy (non-hydrogen) atoms. The molecule has 0 radical (unpaired) electrons. The van der Waals surface area contributed by atoms with E-state index in [2.05, 4.69) is 37.2 Å².